The molecule has 0 radical (unpaired) electrons. The van der Waals surface area contributed by atoms with Gasteiger partial charge >= 0.3 is 0 Å². The summed E-state index contributed by atoms with van der Waals surface area (Å²) in [5.41, 5.74) is 4.87. The number of hydrogen-bond donors (Lipinski definition) is 1. The number of fused-ring (bicyclic) bond motifs is 1. The summed E-state index contributed by atoms with van der Waals surface area (Å²) in [7, 11) is 0. The zero-order valence-electron chi connectivity index (χ0n) is 16.2. The van der Waals surface area contributed by atoms with Gasteiger partial charge in [-0.05, 0) is 67.3 Å². The van der Waals surface area contributed by atoms with E-state index in [1.807, 2.05) is 26.0 Å². The molecule has 0 saturated heterocycles. The lowest BCUT2D eigenvalue weighted by Crippen LogP contribution is -2.39. The SMILES string of the molecule is Cc1ccc(C(C)C)c(OC(C)C(=O)NC2CCCc3ccccc32)c1. The summed E-state index contributed by atoms with van der Waals surface area (Å²) in [6.07, 6.45) is 2.66. The van der Waals surface area contributed by atoms with Crippen molar-refractivity contribution in [3.05, 3.63) is 64.7 Å². The van der Waals surface area contributed by atoms with Gasteiger partial charge in [0.15, 0.2) is 6.10 Å². The fourth-order valence-corrected chi connectivity index (χ4v) is 3.66. The minimum Gasteiger partial charge on any atom is -0.481 e. The van der Waals surface area contributed by atoms with E-state index in [2.05, 4.69) is 49.5 Å². The Bertz CT molecular complexity index is 782. The van der Waals surface area contributed by atoms with Crippen LogP contribution in [0, 0.1) is 6.92 Å². The summed E-state index contributed by atoms with van der Waals surface area (Å²) >= 11 is 0. The number of amides is 1. The lowest BCUT2D eigenvalue weighted by atomic mass is 9.87. The van der Waals surface area contributed by atoms with E-state index in [0.717, 1.165) is 36.1 Å². The fraction of sp³-hybridized carbons (Fsp3) is 0.435. The summed E-state index contributed by atoms with van der Waals surface area (Å²) < 4.78 is 6.07. The molecular weight excluding hydrogens is 322 g/mol. The Morgan fingerprint density at radius 1 is 1.15 bits per heavy atom. The van der Waals surface area contributed by atoms with Crippen LogP contribution in [0.25, 0.3) is 0 Å². The molecule has 3 rings (SSSR count). The van der Waals surface area contributed by atoms with Crippen LogP contribution in [-0.2, 0) is 11.2 Å². The molecule has 1 aliphatic carbocycles. The first kappa shape index (κ1) is 18.5. The topological polar surface area (TPSA) is 38.3 Å². The van der Waals surface area contributed by atoms with E-state index in [1.165, 1.54) is 11.1 Å². The lowest BCUT2D eigenvalue weighted by molar-refractivity contribution is -0.128. The van der Waals surface area contributed by atoms with Gasteiger partial charge < -0.3 is 10.1 Å². The molecular formula is C23H29NO2. The quantitative estimate of drug-likeness (QED) is 0.816. The molecule has 1 amide bonds. The molecule has 0 heterocycles. The van der Waals surface area contributed by atoms with Crippen molar-refractivity contribution in [2.24, 2.45) is 0 Å². The number of carbonyl (C=O) groups is 1. The molecule has 2 atom stereocenters. The molecule has 0 aliphatic heterocycles. The van der Waals surface area contributed by atoms with Crippen molar-refractivity contribution in [2.75, 3.05) is 0 Å². The van der Waals surface area contributed by atoms with Gasteiger partial charge in [0, 0.05) is 0 Å². The van der Waals surface area contributed by atoms with Gasteiger partial charge in [-0.2, -0.15) is 0 Å². The van der Waals surface area contributed by atoms with Gasteiger partial charge in [0.05, 0.1) is 6.04 Å². The van der Waals surface area contributed by atoms with Crippen molar-refractivity contribution in [1.82, 2.24) is 5.32 Å². The van der Waals surface area contributed by atoms with E-state index in [1.54, 1.807) is 0 Å². The Hall–Kier alpha value is -2.29. The maximum absolute atomic E-state index is 12.8. The summed E-state index contributed by atoms with van der Waals surface area (Å²) in [5, 5.41) is 3.19. The number of hydrogen-bond acceptors (Lipinski definition) is 2. The van der Waals surface area contributed by atoms with Gasteiger partial charge in [0.25, 0.3) is 5.91 Å². The normalized spacial score (nSPS) is 17.5. The van der Waals surface area contributed by atoms with Gasteiger partial charge in [0.1, 0.15) is 5.75 Å². The van der Waals surface area contributed by atoms with Crippen molar-refractivity contribution >= 4 is 5.91 Å². The van der Waals surface area contributed by atoms with Crippen molar-refractivity contribution in [1.29, 1.82) is 0 Å². The van der Waals surface area contributed by atoms with Crippen molar-refractivity contribution in [3.63, 3.8) is 0 Å². The molecule has 0 aromatic heterocycles. The number of benzene rings is 2. The van der Waals surface area contributed by atoms with Crippen LogP contribution >= 0.6 is 0 Å². The third-order valence-electron chi connectivity index (χ3n) is 5.15. The highest BCUT2D eigenvalue weighted by Crippen LogP contribution is 2.30. The number of nitrogens with one attached hydrogen (secondary N) is 1. The second-order valence-electron chi connectivity index (χ2n) is 7.61. The Kier molecular flexibility index (Phi) is 5.65. The molecule has 1 N–H and O–H groups in total. The predicted molar refractivity (Wildman–Crippen MR) is 106 cm³/mol. The standard InChI is InChI=1S/C23H29NO2/c1-15(2)19-13-12-16(3)14-22(19)26-17(4)23(25)24-21-11-7-9-18-8-5-6-10-20(18)21/h5-6,8,10,12-15,17,21H,7,9,11H2,1-4H3,(H,24,25). The Labute approximate surface area is 156 Å². The largest absolute Gasteiger partial charge is 0.481 e. The smallest absolute Gasteiger partial charge is 0.261 e. The molecule has 2 aromatic rings. The van der Waals surface area contributed by atoms with Crippen LogP contribution in [0.2, 0.25) is 0 Å². The summed E-state index contributed by atoms with van der Waals surface area (Å²) in [6.45, 7) is 8.15. The number of rotatable bonds is 5. The Morgan fingerprint density at radius 3 is 2.69 bits per heavy atom. The maximum atomic E-state index is 12.8. The van der Waals surface area contributed by atoms with E-state index in [4.69, 9.17) is 4.74 Å². The Morgan fingerprint density at radius 2 is 1.92 bits per heavy atom. The van der Waals surface area contributed by atoms with Gasteiger partial charge in [-0.3, -0.25) is 4.79 Å². The van der Waals surface area contributed by atoms with Crippen LogP contribution < -0.4 is 10.1 Å². The minimum atomic E-state index is -0.525. The van der Waals surface area contributed by atoms with Crippen LogP contribution in [0.4, 0.5) is 0 Å². The first-order valence-corrected chi connectivity index (χ1v) is 9.61. The molecule has 3 heteroatoms. The zero-order valence-corrected chi connectivity index (χ0v) is 16.2. The van der Waals surface area contributed by atoms with E-state index in [-0.39, 0.29) is 11.9 Å². The van der Waals surface area contributed by atoms with Crippen molar-refractivity contribution in [2.45, 2.75) is 65.0 Å². The predicted octanol–water partition coefficient (Wildman–Crippen LogP) is 5.08. The van der Waals surface area contributed by atoms with E-state index in [0.29, 0.717) is 5.92 Å². The number of aryl methyl sites for hydroxylation is 2. The average molecular weight is 351 g/mol. The zero-order chi connectivity index (χ0) is 18.7. The third kappa shape index (κ3) is 4.09. The maximum Gasteiger partial charge on any atom is 0.261 e. The highest BCUT2D eigenvalue weighted by atomic mass is 16.5. The van der Waals surface area contributed by atoms with Crippen LogP contribution in [-0.4, -0.2) is 12.0 Å². The molecule has 3 nitrogen and oxygen atoms in total. The molecule has 2 unspecified atom stereocenters. The van der Waals surface area contributed by atoms with Crippen molar-refractivity contribution in [3.8, 4) is 5.75 Å². The Balaban J connectivity index is 1.71. The highest BCUT2D eigenvalue weighted by molar-refractivity contribution is 5.81. The second-order valence-corrected chi connectivity index (χ2v) is 7.61. The van der Waals surface area contributed by atoms with Crippen LogP contribution in [0.15, 0.2) is 42.5 Å². The van der Waals surface area contributed by atoms with Crippen LogP contribution in [0.1, 0.15) is 67.8 Å². The summed E-state index contributed by atoms with van der Waals surface area (Å²) in [6, 6.07) is 14.7. The number of ether oxygens (including phenoxy) is 1. The van der Waals surface area contributed by atoms with E-state index < -0.39 is 6.10 Å². The molecule has 1 aliphatic rings. The fourth-order valence-electron chi connectivity index (χ4n) is 3.66. The average Bonchev–Trinajstić information content (AvgIpc) is 2.61. The third-order valence-corrected chi connectivity index (χ3v) is 5.15. The van der Waals surface area contributed by atoms with Crippen molar-refractivity contribution < 1.29 is 9.53 Å². The van der Waals surface area contributed by atoms with Gasteiger partial charge in [-0.15, -0.1) is 0 Å². The van der Waals surface area contributed by atoms with Gasteiger partial charge in [-0.1, -0.05) is 50.2 Å². The molecule has 0 bridgehead atoms. The minimum absolute atomic E-state index is 0.0529. The van der Waals surface area contributed by atoms with Gasteiger partial charge in [-0.25, -0.2) is 0 Å². The monoisotopic (exact) mass is 351 g/mol. The lowest BCUT2D eigenvalue weighted by Gasteiger charge is -2.28. The highest BCUT2D eigenvalue weighted by Gasteiger charge is 2.25. The first-order chi connectivity index (χ1) is 12.5. The first-order valence-electron chi connectivity index (χ1n) is 9.61. The molecule has 0 spiro atoms. The molecule has 0 saturated carbocycles. The summed E-state index contributed by atoms with van der Waals surface area (Å²) in [4.78, 5) is 12.8. The van der Waals surface area contributed by atoms with Crippen LogP contribution in [0.5, 0.6) is 5.75 Å². The second kappa shape index (κ2) is 7.94. The van der Waals surface area contributed by atoms with Crippen LogP contribution in [0.3, 0.4) is 0 Å². The molecule has 26 heavy (non-hydrogen) atoms. The van der Waals surface area contributed by atoms with E-state index in [9.17, 15) is 4.79 Å². The molecule has 138 valence electrons. The van der Waals surface area contributed by atoms with Gasteiger partial charge in [0.2, 0.25) is 0 Å². The summed E-state index contributed by atoms with van der Waals surface area (Å²) in [5.74, 6) is 1.11. The number of carbonyl (C=O) groups excluding carboxylic acids is 1. The molecule has 0 fully saturated rings. The van der Waals surface area contributed by atoms with E-state index >= 15 is 0 Å². The molecule has 2 aromatic carbocycles.